The van der Waals surface area contributed by atoms with Gasteiger partial charge in [0.1, 0.15) is 5.54 Å². The van der Waals surface area contributed by atoms with E-state index in [1.54, 1.807) is 12.1 Å². The molecule has 3 N–H and O–H groups in total. The number of amides is 1. The molecule has 0 unspecified atom stereocenters. The predicted octanol–water partition coefficient (Wildman–Crippen LogP) is 1.15. The van der Waals surface area contributed by atoms with Crippen molar-refractivity contribution in [1.82, 2.24) is 10.3 Å². The van der Waals surface area contributed by atoms with Crippen LogP contribution >= 0.6 is 0 Å². The number of nitrogens with two attached hydrogens (primary N) is 1. The molecule has 0 bridgehead atoms. The Morgan fingerprint density at radius 2 is 2.29 bits per heavy atom. The molecule has 0 radical (unpaired) electrons. The molecule has 112 valence electrons. The number of hydrogen-bond acceptors (Lipinski definition) is 4. The Balaban J connectivity index is 1.90. The number of halogens is 2. The standard InChI is InChI=1S/C14H16F2N4O/c15-14(16,7-10-3-1-2-6-19-10)8-11(18)12(21)20-13(9-17)4-5-13/h1-3,6,11H,4-5,7-8,18H2,(H,20,21)/t11-/m0/s1. The van der Waals surface area contributed by atoms with E-state index in [2.05, 4.69) is 10.3 Å². The fraction of sp³-hybridized carbons (Fsp3) is 0.500. The summed E-state index contributed by atoms with van der Waals surface area (Å²) < 4.78 is 27.8. The van der Waals surface area contributed by atoms with Crippen LogP contribution in [0, 0.1) is 11.3 Å². The molecule has 5 nitrogen and oxygen atoms in total. The van der Waals surface area contributed by atoms with Crippen molar-refractivity contribution in [2.45, 2.75) is 43.2 Å². The van der Waals surface area contributed by atoms with Gasteiger partial charge in [-0.2, -0.15) is 5.26 Å². The summed E-state index contributed by atoms with van der Waals surface area (Å²) in [6, 6.07) is 5.35. The minimum Gasteiger partial charge on any atom is -0.336 e. The van der Waals surface area contributed by atoms with Crippen molar-refractivity contribution in [3.8, 4) is 6.07 Å². The normalized spacial score (nSPS) is 17.6. The van der Waals surface area contributed by atoms with Crippen molar-refractivity contribution in [3.05, 3.63) is 30.1 Å². The molecule has 21 heavy (non-hydrogen) atoms. The second-order valence-corrected chi connectivity index (χ2v) is 5.35. The predicted molar refractivity (Wildman–Crippen MR) is 71.2 cm³/mol. The van der Waals surface area contributed by atoms with Crippen LogP contribution in [0.25, 0.3) is 0 Å². The Morgan fingerprint density at radius 3 is 2.81 bits per heavy atom. The van der Waals surface area contributed by atoms with Gasteiger partial charge in [0, 0.05) is 18.3 Å². The number of alkyl halides is 2. The summed E-state index contributed by atoms with van der Waals surface area (Å²) in [5.74, 6) is -3.84. The molecule has 1 saturated carbocycles. The lowest BCUT2D eigenvalue weighted by atomic mass is 10.0. The molecular formula is C14H16F2N4O. The van der Waals surface area contributed by atoms with Gasteiger partial charge in [-0.25, -0.2) is 8.78 Å². The van der Waals surface area contributed by atoms with E-state index in [1.165, 1.54) is 12.3 Å². The summed E-state index contributed by atoms with van der Waals surface area (Å²) in [5.41, 5.74) is 4.87. The Morgan fingerprint density at radius 1 is 1.57 bits per heavy atom. The van der Waals surface area contributed by atoms with Crippen LogP contribution in [0.5, 0.6) is 0 Å². The van der Waals surface area contributed by atoms with Gasteiger partial charge in [0.2, 0.25) is 5.91 Å². The maximum atomic E-state index is 13.9. The molecular weight excluding hydrogens is 278 g/mol. The van der Waals surface area contributed by atoms with Gasteiger partial charge in [-0.3, -0.25) is 9.78 Å². The first-order valence-corrected chi connectivity index (χ1v) is 6.62. The first-order valence-electron chi connectivity index (χ1n) is 6.62. The van der Waals surface area contributed by atoms with Crippen LogP contribution in [-0.2, 0) is 11.2 Å². The Labute approximate surface area is 121 Å². The number of carbonyl (C=O) groups excluding carboxylic acids is 1. The number of rotatable bonds is 6. The lowest BCUT2D eigenvalue weighted by molar-refractivity contribution is -0.125. The van der Waals surface area contributed by atoms with Crippen molar-refractivity contribution < 1.29 is 13.6 Å². The number of carbonyl (C=O) groups is 1. The van der Waals surface area contributed by atoms with Crippen LogP contribution in [-0.4, -0.2) is 28.4 Å². The smallest absolute Gasteiger partial charge is 0.255 e. The number of pyridine rings is 1. The molecule has 1 amide bonds. The average molecular weight is 294 g/mol. The highest BCUT2D eigenvalue weighted by Crippen LogP contribution is 2.34. The topological polar surface area (TPSA) is 91.8 Å². The lowest BCUT2D eigenvalue weighted by Gasteiger charge is -2.21. The van der Waals surface area contributed by atoms with E-state index in [-0.39, 0.29) is 5.69 Å². The third-order valence-corrected chi connectivity index (χ3v) is 3.35. The van der Waals surface area contributed by atoms with Crippen LogP contribution in [0.3, 0.4) is 0 Å². The second-order valence-electron chi connectivity index (χ2n) is 5.35. The molecule has 1 aliphatic rings. The zero-order valence-corrected chi connectivity index (χ0v) is 11.4. The first-order chi connectivity index (χ1) is 9.86. The molecule has 1 heterocycles. The molecule has 0 spiro atoms. The minimum atomic E-state index is -3.13. The first kappa shape index (κ1) is 15.3. The summed E-state index contributed by atoms with van der Waals surface area (Å²) in [5, 5.41) is 11.3. The average Bonchev–Trinajstić information content (AvgIpc) is 3.19. The number of nitriles is 1. The number of nitrogens with zero attached hydrogens (tertiary/aromatic N) is 2. The van der Waals surface area contributed by atoms with Gasteiger partial charge < -0.3 is 11.1 Å². The van der Waals surface area contributed by atoms with Gasteiger partial charge in [0.05, 0.1) is 18.5 Å². The fourth-order valence-corrected chi connectivity index (χ4v) is 1.97. The van der Waals surface area contributed by atoms with Crippen molar-refractivity contribution in [2.24, 2.45) is 5.73 Å². The molecule has 1 atom stereocenters. The van der Waals surface area contributed by atoms with Crippen LogP contribution in [0.2, 0.25) is 0 Å². The zero-order valence-electron chi connectivity index (χ0n) is 11.4. The molecule has 0 aliphatic heterocycles. The van der Waals surface area contributed by atoms with E-state index in [0.717, 1.165) is 0 Å². The molecule has 7 heteroatoms. The van der Waals surface area contributed by atoms with Crippen molar-refractivity contribution in [1.29, 1.82) is 5.26 Å². The molecule has 1 aromatic heterocycles. The van der Waals surface area contributed by atoms with Gasteiger partial charge in [0.25, 0.3) is 5.92 Å². The van der Waals surface area contributed by atoms with E-state index in [4.69, 9.17) is 11.0 Å². The summed E-state index contributed by atoms with van der Waals surface area (Å²) >= 11 is 0. The molecule has 2 rings (SSSR count). The highest BCUT2D eigenvalue weighted by atomic mass is 19.3. The summed E-state index contributed by atoms with van der Waals surface area (Å²) in [6.45, 7) is 0. The monoisotopic (exact) mass is 294 g/mol. The zero-order chi connectivity index (χ0) is 15.5. The van der Waals surface area contributed by atoms with Gasteiger partial charge in [0.15, 0.2) is 0 Å². The van der Waals surface area contributed by atoms with Crippen LogP contribution < -0.4 is 11.1 Å². The minimum absolute atomic E-state index is 0.241. The van der Waals surface area contributed by atoms with E-state index in [9.17, 15) is 13.6 Å². The molecule has 0 saturated heterocycles. The van der Waals surface area contributed by atoms with Crippen molar-refractivity contribution >= 4 is 5.91 Å². The quantitative estimate of drug-likeness (QED) is 0.823. The lowest BCUT2D eigenvalue weighted by Crippen LogP contribution is -2.48. The van der Waals surface area contributed by atoms with Gasteiger partial charge >= 0.3 is 0 Å². The third kappa shape index (κ3) is 4.20. The maximum absolute atomic E-state index is 13.9. The molecule has 1 aliphatic carbocycles. The number of aromatic nitrogens is 1. The van der Waals surface area contributed by atoms with Crippen LogP contribution in [0.4, 0.5) is 8.78 Å². The summed E-state index contributed by atoms with van der Waals surface area (Å²) in [4.78, 5) is 15.6. The highest BCUT2D eigenvalue weighted by molar-refractivity contribution is 5.83. The van der Waals surface area contributed by atoms with Gasteiger partial charge in [-0.1, -0.05) is 6.07 Å². The van der Waals surface area contributed by atoms with Crippen molar-refractivity contribution in [3.63, 3.8) is 0 Å². The number of nitrogens with one attached hydrogen (secondary N) is 1. The Kier molecular flexibility index (Phi) is 4.19. The maximum Gasteiger partial charge on any atom is 0.255 e. The van der Waals surface area contributed by atoms with E-state index in [1.807, 2.05) is 6.07 Å². The third-order valence-electron chi connectivity index (χ3n) is 3.35. The summed E-state index contributed by atoms with van der Waals surface area (Å²) in [7, 11) is 0. The van der Waals surface area contributed by atoms with Crippen molar-refractivity contribution in [2.75, 3.05) is 0 Å². The van der Waals surface area contributed by atoms with Gasteiger partial charge in [-0.15, -0.1) is 0 Å². The molecule has 0 aromatic carbocycles. The second kappa shape index (κ2) is 5.74. The highest BCUT2D eigenvalue weighted by Gasteiger charge is 2.46. The largest absolute Gasteiger partial charge is 0.336 e. The SMILES string of the molecule is N#CC1(NC(=O)[C@@H](N)CC(F)(F)Cc2ccccn2)CC1. The Hall–Kier alpha value is -2.07. The van der Waals surface area contributed by atoms with E-state index < -0.39 is 36.3 Å². The summed E-state index contributed by atoms with van der Waals surface area (Å²) in [6.07, 6.45) is 1.15. The molecule has 1 fully saturated rings. The van der Waals surface area contributed by atoms with E-state index in [0.29, 0.717) is 12.8 Å². The number of hydrogen-bond donors (Lipinski definition) is 2. The molecule has 1 aromatic rings. The van der Waals surface area contributed by atoms with Crippen LogP contribution in [0.1, 0.15) is 25.0 Å². The Bertz CT molecular complexity index is 552. The van der Waals surface area contributed by atoms with Gasteiger partial charge in [-0.05, 0) is 25.0 Å². The van der Waals surface area contributed by atoms with E-state index >= 15 is 0 Å². The fourth-order valence-electron chi connectivity index (χ4n) is 1.97. The van der Waals surface area contributed by atoms with Crippen LogP contribution in [0.15, 0.2) is 24.4 Å².